The van der Waals surface area contributed by atoms with Crippen LogP contribution in [0.2, 0.25) is 0 Å². The van der Waals surface area contributed by atoms with E-state index in [0.29, 0.717) is 12.1 Å². The summed E-state index contributed by atoms with van der Waals surface area (Å²) in [5.41, 5.74) is -1.70. The number of hydrogen-bond acceptors (Lipinski definition) is 4. The molecule has 0 amide bonds. The van der Waals surface area contributed by atoms with Gasteiger partial charge in [-0.05, 0) is 25.1 Å². The van der Waals surface area contributed by atoms with Gasteiger partial charge in [0, 0.05) is 17.5 Å². The highest BCUT2D eigenvalue weighted by Crippen LogP contribution is 2.42. The van der Waals surface area contributed by atoms with Crippen LogP contribution in [-0.4, -0.2) is 40.9 Å². The van der Waals surface area contributed by atoms with Crippen molar-refractivity contribution in [1.29, 1.82) is 0 Å². The summed E-state index contributed by atoms with van der Waals surface area (Å²) < 4.78 is 85.1. The minimum Gasteiger partial charge on any atom is -0.478 e. The van der Waals surface area contributed by atoms with Gasteiger partial charge in [0.05, 0.1) is 11.7 Å². The third-order valence-corrected chi connectivity index (χ3v) is 3.29. The summed E-state index contributed by atoms with van der Waals surface area (Å²) >= 11 is 0. The van der Waals surface area contributed by atoms with Gasteiger partial charge < -0.3 is 19.7 Å². The van der Waals surface area contributed by atoms with Crippen molar-refractivity contribution < 1.29 is 50.8 Å². The van der Waals surface area contributed by atoms with Crippen molar-refractivity contribution in [2.45, 2.75) is 38.1 Å². The van der Waals surface area contributed by atoms with E-state index >= 15 is 0 Å². The van der Waals surface area contributed by atoms with E-state index in [2.05, 4.69) is 4.74 Å². The summed E-state index contributed by atoms with van der Waals surface area (Å²) in [7, 11) is 0. The third-order valence-electron chi connectivity index (χ3n) is 3.29. The van der Waals surface area contributed by atoms with E-state index in [1.807, 2.05) is 0 Å². The lowest BCUT2D eigenvalue weighted by Gasteiger charge is -2.29. The normalized spacial score (nSPS) is 18.5. The molecule has 1 aromatic carbocycles. The van der Waals surface area contributed by atoms with Gasteiger partial charge in [0.25, 0.3) is 0 Å². The average Bonchev–Trinajstić information content (AvgIpc) is 2.42. The Balaban J connectivity index is 2.62. The van der Waals surface area contributed by atoms with Gasteiger partial charge in [-0.1, -0.05) is 0 Å². The zero-order valence-electron chi connectivity index (χ0n) is 13.0. The molecule has 144 valence electrons. The Morgan fingerprint density at radius 2 is 1.88 bits per heavy atom. The number of carbonyl (C=O) groups is 1. The number of carboxylic acid groups (broad SMARTS) is 1. The average molecular weight is 386 g/mol. The number of alkyl halides is 6. The van der Waals surface area contributed by atoms with Crippen LogP contribution < -0.4 is 9.47 Å². The first-order valence-electron chi connectivity index (χ1n) is 7.07. The molecule has 11 heteroatoms. The number of fused-ring (bicyclic) bond motifs is 1. The van der Waals surface area contributed by atoms with Crippen molar-refractivity contribution in [3.63, 3.8) is 0 Å². The number of carboxylic acids is 1. The van der Waals surface area contributed by atoms with Gasteiger partial charge in [-0.3, -0.25) is 0 Å². The lowest BCUT2D eigenvalue weighted by molar-refractivity contribution is -0.274. The maximum absolute atomic E-state index is 13.1. The number of rotatable bonds is 4. The Labute approximate surface area is 142 Å². The van der Waals surface area contributed by atoms with Crippen LogP contribution in [0.3, 0.4) is 0 Å². The number of aliphatic carboxylic acids is 1. The fourth-order valence-corrected chi connectivity index (χ4v) is 2.44. The molecule has 0 saturated heterocycles. The highest BCUT2D eigenvalue weighted by molar-refractivity contribution is 5.95. The maximum Gasteiger partial charge on any atom is 0.573 e. The highest BCUT2D eigenvalue weighted by Gasteiger charge is 2.49. The Bertz CT molecular complexity index is 735. The summed E-state index contributed by atoms with van der Waals surface area (Å²) in [6.07, 6.45) is -13.8. The minimum atomic E-state index is -5.07. The summed E-state index contributed by atoms with van der Waals surface area (Å²) in [5, 5.41) is 18.4. The SMILES string of the molecule is CC(O)Cc1cc(OC(F)(F)F)cc2c1OC(C(F)(F)F)C(C(=O)O)=C2. The molecule has 0 radical (unpaired) electrons. The lowest BCUT2D eigenvalue weighted by atomic mass is 9.96. The van der Waals surface area contributed by atoms with Gasteiger partial charge in [0.2, 0.25) is 6.10 Å². The van der Waals surface area contributed by atoms with Crippen molar-refractivity contribution in [2.75, 3.05) is 0 Å². The number of hydrogen-bond donors (Lipinski definition) is 2. The minimum absolute atomic E-state index is 0.188. The molecule has 1 aliphatic heterocycles. The molecule has 1 aromatic rings. The largest absolute Gasteiger partial charge is 0.573 e. The second-order valence-electron chi connectivity index (χ2n) is 5.55. The van der Waals surface area contributed by atoms with E-state index in [9.17, 15) is 36.2 Å². The third kappa shape index (κ3) is 4.59. The van der Waals surface area contributed by atoms with Gasteiger partial charge in [-0.2, -0.15) is 13.2 Å². The predicted octanol–water partition coefficient (Wildman–Crippen LogP) is 3.30. The van der Waals surface area contributed by atoms with Crippen molar-refractivity contribution in [1.82, 2.24) is 0 Å². The number of halogens is 6. The van der Waals surface area contributed by atoms with Gasteiger partial charge in [0.1, 0.15) is 11.5 Å². The Hall–Kier alpha value is -2.43. The van der Waals surface area contributed by atoms with Crippen LogP contribution in [0.15, 0.2) is 17.7 Å². The summed E-state index contributed by atoms with van der Waals surface area (Å²) in [5.74, 6) is -3.17. The molecule has 1 aliphatic rings. The van der Waals surface area contributed by atoms with E-state index < -0.39 is 47.8 Å². The molecular weight excluding hydrogens is 374 g/mol. The van der Waals surface area contributed by atoms with Crippen LogP contribution in [0.4, 0.5) is 26.3 Å². The van der Waals surface area contributed by atoms with Gasteiger partial charge in [-0.25, -0.2) is 4.79 Å². The molecule has 2 atom stereocenters. The smallest absolute Gasteiger partial charge is 0.478 e. The van der Waals surface area contributed by atoms with Gasteiger partial charge in [0.15, 0.2) is 0 Å². The van der Waals surface area contributed by atoms with Crippen molar-refractivity contribution in [2.24, 2.45) is 0 Å². The van der Waals surface area contributed by atoms with E-state index in [1.54, 1.807) is 0 Å². The second kappa shape index (κ2) is 6.71. The topological polar surface area (TPSA) is 76.0 Å². The van der Waals surface area contributed by atoms with Crippen LogP contribution in [0.1, 0.15) is 18.1 Å². The van der Waals surface area contributed by atoms with Gasteiger partial charge in [-0.15, -0.1) is 13.2 Å². The van der Waals surface area contributed by atoms with Crippen molar-refractivity contribution >= 4 is 12.0 Å². The molecule has 0 spiro atoms. The quantitative estimate of drug-likeness (QED) is 0.777. The number of aliphatic hydroxyl groups excluding tert-OH is 1. The van der Waals surface area contributed by atoms with Crippen LogP contribution in [0, 0.1) is 0 Å². The molecule has 5 nitrogen and oxygen atoms in total. The van der Waals surface area contributed by atoms with Crippen LogP contribution in [0.5, 0.6) is 11.5 Å². The molecule has 1 heterocycles. The molecule has 2 rings (SSSR count). The first-order chi connectivity index (χ1) is 11.8. The van der Waals surface area contributed by atoms with Crippen molar-refractivity contribution in [3.8, 4) is 11.5 Å². The molecule has 2 unspecified atom stereocenters. The summed E-state index contributed by atoms with van der Waals surface area (Å²) in [6.45, 7) is 1.27. The fourth-order valence-electron chi connectivity index (χ4n) is 2.44. The maximum atomic E-state index is 13.1. The fraction of sp³-hybridized carbons (Fsp3) is 0.400. The summed E-state index contributed by atoms with van der Waals surface area (Å²) in [6, 6.07) is 1.50. The monoisotopic (exact) mass is 386 g/mol. The Kier molecular flexibility index (Phi) is 5.13. The molecule has 0 saturated carbocycles. The molecule has 2 N–H and O–H groups in total. The van der Waals surface area contributed by atoms with Crippen LogP contribution in [0.25, 0.3) is 6.08 Å². The van der Waals surface area contributed by atoms with Crippen LogP contribution in [-0.2, 0) is 11.2 Å². The molecule has 0 bridgehead atoms. The standard InChI is InChI=1S/C15H12F6O5/c1-6(22)2-7-3-9(26-15(19,20)21)4-8-5-10(13(23)24)12(14(16,17)18)25-11(7)8/h3-6,12,22H,2H2,1H3,(H,23,24). The number of ether oxygens (including phenoxy) is 2. The second-order valence-corrected chi connectivity index (χ2v) is 5.55. The predicted molar refractivity (Wildman–Crippen MR) is 74.6 cm³/mol. The number of benzene rings is 1. The lowest BCUT2D eigenvalue weighted by Crippen LogP contribution is -2.40. The van der Waals surface area contributed by atoms with E-state index in [-0.39, 0.29) is 17.5 Å². The van der Waals surface area contributed by atoms with Crippen LogP contribution >= 0.6 is 0 Å². The molecular formula is C15H12F6O5. The highest BCUT2D eigenvalue weighted by atomic mass is 19.4. The zero-order chi connectivity index (χ0) is 19.9. The van der Waals surface area contributed by atoms with Gasteiger partial charge >= 0.3 is 18.5 Å². The molecule has 0 aliphatic carbocycles. The Morgan fingerprint density at radius 3 is 2.35 bits per heavy atom. The molecule has 0 fully saturated rings. The first kappa shape index (κ1) is 19.9. The molecule has 0 aromatic heterocycles. The summed E-state index contributed by atoms with van der Waals surface area (Å²) in [4.78, 5) is 11.1. The zero-order valence-corrected chi connectivity index (χ0v) is 13.0. The van der Waals surface area contributed by atoms with E-state index in [1.165, 1.54) is 6.92 Å². The first-order valence-corrected chi connectivity index (χ1v) is 7.07. The molecule has 26 heavy (non-hydrogen) atoms. The van der Waals surface area contributed by atoms with Crippen molar-refractivity contribution in [3.05, 3.63) is 28.8 Å². The van der Waals surface area contributed by atoms with E-state index in [4.69, 9.17) is 9.84 Å². The number of aliphatic hydroxyl groups is 1. The Morgan fingerprint density at radius 1 is 1.27 bits per heavy atom. The van der Waals surface area contributed by atoms with E-state index in [0.717, 1.165) is 6.07 Å².